The van der Waals surface area contributed by atoms with Crippen molar-refractivity contribution in [1.82, 2.24) is 20.2 Å². The molecule has 3 atom stereocenters. The van der Waals surface area contributed by atoms with Gasteiger partial charge in [-0.25, -0.2) is 9.59 Å². The van der Waals surface area contributed by atoms with E-state index in [2.05, 4.69) is 57.6 Å². The van der Waals surface area contributed by atoms with E-state index in [-0.39, 0.29) is 31.6 Å². The van der Waals surface area contributed by atoms with E-state index < -0.39 is 12.1 Å². The predicted octanol–water partition coefficient (Wildman–Crippen LogP) is 3.24. The molecule has 0 radical (unpaired) electrons. The molecule has 0 unspecified atom stereocenters. The van der Waals surface area contributed by atoms with Crippen LogP contribution in [0.15, 0.2) is 42.5 Å². The summed E-state index contributed by atoms with van der Waals surface area (Å²) in [7, 11) is 0. The summed E-state index contributed by atoms with van der Waals surface area (Å²) < 4.78 is 27.7. The third kappa shape index (κ3) is 10.0. The van der Waals surface area contributed by atoms with Crippen molar-refractivity contribution in [3.8, 4) is 12.1 Å². The van der Waals surface area contributed by atoms with Crippen molar-refractivity contribution in [2.75, 3.05) is 95.4 Å². The van der Waals surface area contributed by atoms with Crippen molar-refractivity contribution in [1.29, 1.82) is 5.26 Å². The number of benzene rings is 2. The van der Waals surface area contributed by atoms with E-state index in [1.54, 1.807) is 6.92 Å². The Kier molecular flexibility index (Phi) is 13.5. The lowest BCUT2D eigenvalue weighted by Gasteiger charge is -2.41. The Balaban J connectivity index is 1.06. The summed E-state index contributed by atoms with van der Waals surface area (Å²) in [5, 5.41) is 25.2. The minimum atomic E-state index is -1.01. The molecule has 3 aliphatic heterocycles. The zero-order chi connectivity index (χ0) is 37.0. The number of nitrogens with one attached hydrogen (secondary N) is 1. The standard InChI is InChI=1S/C38H49N7O8/c1-2-52-35(46)26-51-19-17-49-16-18-50-24-27-20-29(40-21-27)25-53-37-41-33-23-43(34-9-5-7-28-6-3-4-8-31(28)34)13-11-32(33)36(42-37)44-14-15-45(38(47)48)30(22-44)10-12-39/h3-9,27,29-30,40H,2,10-11,13-26H2,1H3,(H,47,48)/t27-,29+,30+/m1/s1. The summed E-state index contributed by atoms with van der Waals surface area (Å²) in [4.78, 5) is 38.9. The highest BCUT2D eigenvalue weighted by atomic mass is 16.6. The number of anilines is 2. The van der Waals surface area contributed by atoms with E-state index in [0.29, 0.717) is 77.8 Å². The van der Waals surface area contributed by atoms with Gasteiger partial charge in [-0.3, -0.25) is 0 Å². The van der Waals surface area contributed by atoms with Crippen molar-refractivity contribution in [2.24, 2.45) is 5.92 Å². The molecule has 3 aliphatic rings. The molecule has 284 valence electrons. The first-order chi connectivity index (χ1) is 25.9. The fraction of sp³-hybridized carbons (Fsp3) is 0.553. The number of ether oxygens (including phenoxy) is 5. The quantitative estimate of drug-likeness (QED) is 0.153. The summed E-state index contributed by atoms with van der Waals surface area (Å²) in [5.74, 6) is 0.704. The van der Waals surface area contributed by atoms with Crippen LogP contribution >= 0.6 is 0 Å². The minimum absolute atomic E-state index is 0.0762. The monoisotopic (exact) mass is 731 g/mol. The molecule has 2 N–H and O–H groups in total. The van der Waals surface area contributed by atoms with Gasteiger partial charge in [0.1, 0.15) is 19.0 Å². The molecule has 0 spiro atoms. The maximum Gasteiger partial charge on any atom is 0.407 e. The van der Waals surface area contributed by atoms with Gasteiger partial charge in [0, 0.05) is 55.4 Å². The molecule has 0 bridgehead atoms. The number of carbonyl (C=O) groups is 2. The molecule has 1 amide bonds. The second-order valence-electron chi connectivity index (χ2n) is 13.4. The number of nitriles is 1. The van der Waals surface area contributed by atoms with Crippen LogP contribution in [0.5, 0.6) is 6.01 Å². The van der Waals surface area contributed by atoms with Gasteiger partial charge in [-0.05, 0) is 37.1 Å². The number of carboxylic acid groups (broad SMARTS) is 1. The topological polar surface area (TPSA) is 172 Å². The summed E-state index contributed by atoms with van der Waals surface area (Å²) in [6, 6.07) is 16.8. The zero-order valence-corrected chi connectivity index (χ0v) is 30.3. The molecule has 4 heterocycles. The Morgan fingerprint density at radius 3 is 2.62 bits per heavy atom. The molecular formula is C38H49N7O8. The van der Waals surface area contributed by atoms with Gasteiger partial charge in [0.2, 0.25) is 0 Å². The highest BCUT2D eigenvalue weighted by molar-refractivity contribution is 5.94. The van der Waals surface area contributed by atoms with E-state index >= 15 is 0 Å². The lowest BCUT2D eigenvalue weighted by atomic mass is 10.0. The number of fused-ring (bicyclic) bond motifs is 2. The summed E-state index contributed by atoms with van der Waals surface area (Å²) in [6.07, 6.45) is 0.686. The molecule has 0 saturated carbocycles. The highest BCUT2D eigenvalue weighted by Gasteiger charge is 2.34. The fourth-order valence-corrected chi connectivity index (χ4v) is 7.26. The van der Waals surface area contributed by atoms with Crippen LogP contribution in [0.4, 0.5) is 16.3 Å². The second kappa shape index (κ2) is 18.8. The SMILES string of the molecule is CCOC(=O)COCCOCCOC[C@H]1CN[C@H](COc2nc3c(c(N4CCN(C(=O)O)[C@@H](CC#N)C4)n2)CCN(c2cccc4ccccc24)C3)C1. The molecule has 3 aromatic rings. The molecule has 6 rings (SSSR count). The van der Waals surface area contributed by atoms with Gasteiger partial charge in [0.15, 0.2) is 0 Å². The van der Waals surface area contributed by atoms with Crippen molar-refractivity contribution in [3.05, 3.63) is 53.7 Å². The first-order valence-electron chi connectivity index (χ1n) is 18.4. The van der Waals surface area contributed by atoms with Crippen LogP contribution in [0.3, 0.4) is 0 Å². The van der Waals surface area contributed by atoms with E-state index in [0.717, 1.165) is 48.7 Å². The van der Waals surface area contributed by atoms with Crippen molar-refractivity contribution in [2.45, 2.75) is 44.8 Å². The van der Waals surface area contributed by atoms with Gasteiger partial charge in [-0.2, -0.15) is 15.2 Å². The van der Waals surface area contributed by atoms with Gasteiger partial charge in [0.25, 0.3) is 0 Å². The molecule has 53 heavy (non-hydrogen) atoms. The van der Waals surface area contributed by atoms with Crippen LogP contribution in [0.1, 0.15) is 31.0 Å². The number of aromatic nitrogens is 2. The lowest BCUT2D eigenvalue weighted by molar-refractivity contribution is -0.149. The number of amides is 1. The Morgan fingerprint density at radius 2 is 1.79 bits per heavy atom. The summed E-state index contributed by atoms with van der Waals surface area (Å²) in [6.45, 7) is 7.87. The van der Waals surface area contributed by atoms with Crippen LogP contribution in [-0.2, 0) is 36.7 Å². The molecule has 2 fully saturated rings. The smallest absolute Gasteiger partial charge is 0.407 e. The van der Waals surface area contributed by atoms with Gasteiger partial charge < -0.3 is 48.8 Å². The Hall–Kier alpha value is -4.75. The van der Waals surface area contributed by atoms with E-state index in [1.807, 2.05) is 6.07 Å². The van der Waals surface area contributed by atoms with Gasteiger partial charge in [0.05, 0.1) is 70.4 Å². The molecule has 15 nitrogen and oxygen atoms in total. The predicted molar refractivity (Wildman–Crippen MR) is 196 cm³/mol. The molecule has 2 aromatic carbocycles. The van der Waals surface area contributed by atoms with Crippen LogP contribution in [0.2, 0.25) is 0 Å². The van der Waals surface area contributed by atoms with Gasteiger partial charge >= 0.3 is 18.1 Å². The molecular weight excluding hydrogens is 682 g/mol. The Bertz CT molecular complexity index is 1730. The average Bonchev–Trinajstić information content (AvgIpc) is 3.63. The Morgan fingerprint density at radius 1 is 0.981 bits per heavy atom. The second-order valence-corrected chi connectivity index (χ2v) is 13.4. The van der Waals surface area contributed by atoms with E-state index in [1.165, 1.54) is 15.7 Å². The largest absolute Gasteiger partial charge is 0.465 e. The average molecular weight is 732 g/mol. The molecule has 1 aromatic heterocycles. The number of carbonyl (C=O) groups excluding carboxylic acids is 1. The number of esters is 1. The first kappa shape index (κ1) is 38.0. The van der Waals surface area contributed by atoms with Crippen molar-refractivity contribution < 1.29 is 38.4 Å². The maximum absolute atomic E-state index is 11.9. The first-order valence-corrected chi connectivity index (χ1v) is 18.4. The van der Waals surface area contributed by atoms with Crippen LogP contribution in [0, 0.1) is 17.2 Å². The van der Waals surface area contributed by atoms with Gasteiger partial charge in [-0.15, -0.1) is 0 Å². The minimum Gasteiger partial charge on any atom is -0.465 e. The summed E-state index contributed by atoms with van der Waals surface area (Å²) in [5.41, 5.74) is 3.08. The molecule has 2 saturated heterocycles. The van der Waals surface area contributed by atoms with Crippen LogP contribution in [-0.4, -0.2) is 130 Å². The normalized spacial score (nSPS) is 19.9. The zero-order valence-electron chi connectivity index (χ0n) is 30.3. The fourth-order valence-electron chi connectivity index (χ4n) is 7.26. The number of hydrogen-bond donors (Lipinski definition) is 2. The van der Waals surface area contributed by atoms with Gasteiger partial charge in [-0.1, -0.05) is 36.4 Å². The van der Waals surface area contributed by atoms with E-state index in [9.17, 15) is 20.0 Å². The lowest BCUT2D eigenvalue weighted by Crippen LogP contribution is -2.55. The van der Waals surface area contributed by atoms with Crippen LogP contribution in [0.25, 0.3) is 10.8 Å². The third-order valence-corrected chi connectivity index (χ3v) is 9.83. The molecule has 0 aliphatic carbocycles. The Labute approximate surface area is 309 Å². The number of nitrogens with zero attached hydrogens (tertiary/aromatic N) is 6. The third-order valence-electron chi connectivity index (χ3n) is 9.83. The van der Waals surface area contributed by atoms with Crippen molar-refractivity contribution >= 4 is 34.3 Å². The number of piperazine rings is 1. The van der Waals surface area contributed by atoms with Crippen molar-refractivity contribution in [3.63, 3.8) is 0 Å². The maximum atomic E-state index is 11.9. The molecule has 15 heteroatoms. The number of hydrogen-bond acceptors (Lipinski definition) is 13. The highest BCUT2D eigenvalue weighted by Crippen LogP contribution is 2.35. The summed E-state index contributed by atoms with van der Waals surface area (Å²) >= 11 is 0. The van der Waals surface area contributed by atoms with Crippen LogP contribution < -0.4 is 19.9 Å². The number of rotatable bonds is 17. The van der Waals surface area contributed by atoms with E-state index in [4.69, 9.17) is 33.7 Å².